The summed E-state index contributed by atoms with van der Waals surface area (Å²) in [7, 11) is 0. The molecule has 4 N–H and O–H groups in total. The molecule has 3 aromatic rings. The van der Waals surface area contributed by atoms with Crippen LogP contribution in [0.3, 0.4) is 0 Å². The molecule has 0 saturated heterocycles. The minimum absolute atomic E-state index is 0.0522. The van der Waals surface area contributed by atoms with Crippen LogP contribution in [0.2, 0.25) is 0 Å². The molecule has 152 valence electrons. The van der Waals surface area contributed by atoms with Crippen LogP contribution in [-0.2, 0) is 0 Å². The number of nitrogens with two attached hydrogens (primary N) is 1. The summed E-state index contributed by atoms with van der Waals surface area (Å²) in [6.45, 7) is 13.5. The number of carbonyl (C=O) groups is 2. The molecule has 0 aliphatic carbocycles. The summed E-state index contributed by atoms with van der Waals surface area (Å²) >= 11 is 0. The lowest BCUT2D eigenvalue weighted by atomic mass is 10.2. The van der Waals surface area contributed by atoms with Crippen molar-refractivity contribution >= 4 is 34.1 Å². The van der Waals surface area contributed by atoms with Gasteiger partial charge >= 0.3 is 0 Å². The van der Waals surface area contributed by atoms with E-state index in [2.05, 4.69) is 15.3 Å². The molecule has 2 aromatic heterocycles. The van der Waals surface area contributed by atoms with Crippen LogP contribution in [0, 0.1) is 0 Å². The Morgan fingerprint density at radius 3 is 2.07 bits per heavy atom. The summed E-state index contributed by atoms with van der Waals surface area (Å²) < 4.78 is 0. The van der Waals surface area contributed by atoms with E-state index in [1.165, 1.54) is 6.92 Å². The van der Waals surface area contributed by atoms with Crippen LogP contribution < -0.4 is 11.1 Å². The van der Waals surface area contributed by atoms with Gasteiger partial charge in [0.05, 0.1) is 17.4 Å². The monoisotopic (exact) mass is 384 g/mol. The topological polar surface area (TPSA) is 101 Å². The van der Waals surface area contributed by atoms with Crippen LogP contribution in [-0.4, -0.2) is 21.7 Å². The van der Waals surface area contributed by atoms with Gasteiger partial charge in [0.2, 0.25) is 0 Å². The van der Waals surface area contributed by atoms with Gasteiger partial charge in [-0.2, -0.15) is 0 Å². The largest absolute Gasteiger partial charge is 0.399 e. The number of nitrogen functional groups attached to an aromatic ring is 1. The number of amides is 1. The summed E-state index contributed by atoms with van der Waals surface area (Å²) in [5.41, 5.74) is 7.94. The zero-order chi connectivity index (χ0) is 21.7. The Morgan fingerprint density at radius 1 is 0.964 bits per heavy atom. The number of hydrogen-bond acceptors (Lipinski definition) is 4. The second kappa shape index (κ2) is 13.1. The number of hydrogen-bond donors (Lipinski definition) is 3. The molecular weight excluding hydrogens is 352 g/mol. The molecule has 6 nitrogen and oxygen atoms in total. The van der Waals surface area contributed by atoms with Crippen LogP contribution in [0.4, 0.5) is 11.5 Å². The van der Waals surface area contributed by atoms with E-state index in [0.717, 1.165) is 10.9 Å². The van der Waals surface area contributed by atoms with E-state index in [9.17, 15) is 9.59 Å². The Balaban J connectivity index is 0.00000111. The third kappa shape index (κ3) is 6.87. The maximum Gasteiger partial charge on any atom is 0.256 e. The number of Topliss-reactive ketones (excluding diaryl/α,β-unsaturated/α-hetero) is 1. The van der Waals surface area contributed by atoms with Gasteiger partial charge in [0.15, 0.2) is 5.78 Å². The van der Waals surface area contributed by atoms with Crippen molar-refractivity contribution < 1.29 is 9.59 Å². The number of fused-ring (bicyclic) bond motifs is 1. The van der Waals surface area contributed by atoms with Crippen molar-refractivity contribution in [3.05, 3.63) is 53.9 Å². The first-order valence-corrected chi connectivity index (χ1v) is 9.69. The summed E-state index contributed by atoms with van der Waals surface area (Å²) in [5, 5.41) is 3.53. The van der Waals surface area contributed by atoms with Gasteiger partial charge in [0.1, 0.15) is 5.82 Å². The van der Waals surface area contributed by atoms with Gasteiger partial charge in [-0.25, -0.2) is 4.98 Å². The van der Waals surface area contributed by atoms with E-state index < -0.39 is 0 Å². The molecule has 2 heterocycles. The van der Waals surface area contributed by atoms with E-state index in [-0.39, 0.29) is 11.7 Å². The van der Waals surface area contributed by atoms with Gasteiger partial charge in [-0.3, -0.25) is 9.59 Å². The fourth-order valence-corrected chi connectivity index (χ4v) is 2.11. The zero-order valence-electron chi connectivity index (χ0n) is 17.9. The molecule has 6 heteroatoms. The number of pyridine rings is 1. The average Bonchev–Trinajstić information content (AvgIpc) is 3.17. The second-order valence-electron chi connectivity index (χ2n) is 4.97. The van der Waals surface area contributed by atoms with Crippen LogP contribution in [0.15, 0.2) is 42.6 Å². The minimum atomic E-state index is -0.269. The van der Waals surface area contributed by atoms with Gasteiger partial charge < -0.3 is 16.0 Å². The van der Waals surface area contributed by atoms with Gasteiger partial charge in [-0.1, -0.05) is 41.5 Å². The summed E-state index contributed by atoms with van der Waals surface area (Å²) in [6.07, 6.45) is 1.58. The molecule has 0 unspecified atom stereocenters. The number of aromatic amines is 1. The Labute approximate surface area is 167 Å². The van der Waals surface area contributed by atoms with Crippen molar-refractivity contribution in [2.75, 3.05) is 11.1 Å². The Hall–Kier alpha value is -3.15. The van der Waals surface area contributed by atoms with E-state index >= 15 is 0 Å². The quantitative estimate of drug-likeness (QED) is 0.399. The van der Waals surface area contributed by atoms with Gasteiger partial charge in [-0.05, 0) is 36.4 Å². The lowest BCUT2D eigenvalue weighted by molar-refractivity contribution is 0.101. The number of benzene rings is 1. The number of carbonyl (C=O) groups excluding carboxylic acids is 2. The first kappa shape index (κ1) is 24.8. The highest BCUT2D eigenvalue weighted by Gasteiger charge is 2.09. The molecule has 0 aliphatic rings. The first-order chi connectivity index (χ1) is 13.5. The van der Waals surface area contributed by atoms with Gasteiger partial charge in [-0.15, -0.1) is 0 Å². The molecule has 0 saturated carbocycles. The molecule has 1 amide bonds. The lowest BCUT2D eigenvalue weighted by Crippen LogP contribution is -2.12. The molecule has 0 radical (unpaired) electrons. The number of ketones is 1. The van der Waals surface area contributed by atoms with Crippen molar-refractivity contribution in [2.45, 2.75) is 48.5 Å². The number of rotatable bonds is 3. The predicted octanol–water partition coefficient (Wildman–Crippen LogP) is 5.68. The Bertz CT molecular complexity index is 868. The predicted molar refractivity (Wildman–Crippen MR) is 119 cm³/mol. The molecule has 28 heavy (non-hydrogen) atoms. The first-order valence-electron chi connectivity index (χ1n) is 9.69. The molecule has 0 spiro atoms. The molecule has 3 rings (SSSR count). The Kier molecular flexibility index (Phi) is 11.6. The summed E-state index contributed by atoms with van der Waals surface area (Å²) in [4.78, 5) is 30.6. The van der Waals surface area contributed by atoms with Crippen LogP contribution in [0.5, 0.6) is 0 Å². The van der Waals surface area contributed by atoms with E-state index in [1.54, 1.807) is 42.6 Å². The van der Waals surface area contributed by atoms with E-state index in [4.69, 9.17) is 5.73 Å². The summed E-state index contributed by atoms with van der Waals surface area (Å²) in [5.74, 6) is 0.0984. The fourth-order valence-electron chi connectivity index (χ4n) is 2.11. The van der Waals surface area contributed by atoms with Crippen molar-refractivity contribution in [1.82, 2.24) is 9.97 Å². The number of H-pyrrole nitrogens is 1. The molecule has 0 bridgehead atoms. The molecular formula is C22H32N4O2. The van der Waals surface area contributed by atoms with E-state index in [0.29, 0.717) is 22.8 Å². The standard InChI is InChI=1S/C16H14N4O2.3C2H6/c1-9(21)13-6-11-7-15(18-8-14(11)19-13)20-16(22)10-2-4-12(17)5-3-10;3*1-2/h2-8,19H,17H2,1H3,(H,18,20,22);3*1-2H3. The minimum Gasteiger partial charge on any atom is -0.399 e. The van der Waals surface area contributed by atoms with Crippen molar-refractivity contribution in [3.63, 3.8) is 0 Å². The van der Waals surface area contributed by atoms with Crippen LogP contribution in [0.1, 0.15) is 69.3 Å². The molecule has 1 aromatic carbocycles. The van der Waals surface area contributed by atoms with Gasteiger partial charge in [0.25, 0.3) is 5.91 Å². The van der Waals surface area contributed by atoms with Crippen molar-refractivity contribution in [1.29, 1.82) is 0 Å². The molecule has 0 atom stereocenters. The number of aromatic nitrogens is 2. The van der Waals surface area contributed by atoms with Crippen molar-refractivity contribution in [2.24, 2.45) is 0 Å². The van der Waals surface area contributed by atoms with Crippen LogP contribution in [0.25, 0.3) is 10.9 Å². The molecule has 0 aliphatic heterocycles. The maximum atomic E-state index is 12.1. The Morgan fingerprint density at radius 2 is 1.54 bits per heavy atom. The van der Waals surface area contributed by atoms with Gasteiger partial charge in [0, 0.05) is 23.6 Å². The number of anilines is 2. The van der Waals surface area contributed by atoms with E-state index in [1.807, 2.05) is 41.5 Å². The zero-order valence-corrected chi connectivity index (χ0v) is 17.9. The highest BCUT2D eigenvalue weighted by atomic mass is 16.1. The highest BCUT2D eigenvalue weighted by Crippen LogP contribution is 2.18. The summed E-state index contributed by atoms with van der Waals surface area (Å²) in [6, 6.07) is 10.1. The van der Waals surface area contributed by atoms with Crippen LogP contribution >= 0.6 is 0 Å². The maximum absolute atomic E-state index is 12.1. The number of nitrogens with zero attached hydrogens (tertiary/aromatic N) is 1. The fraction of sp³-hybridized carbons (Fsp3) is 0.318. The third-order valence-electron chi connectivity index (χ3n) is 3.30. The third-order valence-corrected chi connectivity index (χ3v) is 3.30. The number of nitrogens with one attached hydrogen (secondary N) is 2. The SMILES string of the molecule is CC.CC.CC.CC(=O)c1cc2cc(NC(=O)c3ccc(N)cc3)ncc2[nH]1. The van der Waals surface area contributed by atoms with Crippen molar-refractivity contribution in [3.8, 4) is 0 Å². The normalized spacial score (nSPS) is 8.96. The average molecular weight is 385 g/mol. The smallest absolute Gasteiger partial charge is 0.256 e. The lowest BCUT2D eigenvalue weighted by Gasteiger charge is -2.04. The second-order valence-corrected chi connectivity index (χ2v) is 4.97. The molecule has 0 fully saturated rings. The highest BCUT2D eigenvalue weighted by molar-refractivity contribution is 6.05.